The van der Waals surface area contributed by atoms with E-state index in [1.54, 1.807) is 24.3 Å². The first-order chi connectivity index (χ1) is 12.3. The number of benzene rings is 2. The number of rotatable bonds is 6. The fourth-order valence-corrected chi connectivity index (χ4v) is 3.34. The lowest BCUT2D eigenvalue weighted by Gasteiger charge is -2.23. The third-order valence-electron chi connectivity index (χ3n) is 4.79. The van der Waals surface area contributed by atoms with E-state index in [0.717, 1.165) is 6.54 Å². The molecule has 0 radical (unpaired) electrons. The zero-order valence-electron chi connectivity index (χ0n) is 14.9. The highest BCUT2D eigenvalue weighted by Crippen LogP contribution is 2.28. The maximum atomic E-state index is 10.1. The lowest BCUT2D eigenvalue weighted by molar-refractivity contribution is -0.918. The molecule has 0 bridgehead atoms. The van der Waals surface area contributed by atoms with E-state index >= 15 is 0 Å². The summed E-state index contributed by atoms with van der Waals surface area (Å²) in [6.45, 7) is 4.33. The molecule has 1 heterocycles. The molecule has 0 spiro atoms. The highest BCUT2D eigenvalue weighted by Gasteiger charge is 2.13. The minimum absolute atomic E-state index is 0.133. The molecular formula is C21H27N2O2+. The molecule has 0 amide bonds. The van der Waals surface area contributed by atoms with Crippen molar-refractivity contribution in [2.75, 3.05) is 20.2 Å². The smallest absolute Gasteiger partial charge is 0.166 e. The Labute approximate surface area is 149 Å². The molecule has 2 aromatic carbocycles. The van der Waals surface area contributed by atoms with Gasteiger partial charge in [-0.15, -0.1) is 0 Å². The Hall–Kier alpha value is -2.33. The Kier molecular flexibility index (Phi) is 6.07. The Morgan fingerprint density at radius 3 is 2.48 bits per heavy atom. The second-order valence-electron chi connectivity index (χ2n) is 6.67. The van der Waals surface area contributed by atoms with Gasteiger partial charge in [0.1, 0.15) is 6.54 Å². The number of quaternary nitrogens is 1. The van der Waals surface area contributed by atoms with E-state index in [1.165, 1.54) is 43.5 Å². The van der Waals surface area contributed by atoms with Crippen LogP contribution in [0, 0.1) is 0 Å². The number of phenols is 1. The molecule has 25 heavy (non-hydrogen) atoms. The van der Waals surface area contributed by atoms with Crippen LogP contribution in [-0.4, -0.2) is 31.5 Å². The van der Waals surface area contributed by atoms with Crippen LogP contribution in [0.3, 0.4) is 0 Å². The van der Waals surface area contributed by atoms with Gasteiger partial charge in [-0.2, -0.15) is 0 Å². The number of ether oxygens (including phenoxy) is 1. The number of nitrogens with one attached hydrogen (secondary N) is 1. The average molecular weight is 339 g/mol. The van der Waals surface area contributed by atoms with Crippen LogP contribution in [-0.2, 0) is 13.1 Å². The van der Waals surface area contributed by atoms with Crippen molar-refractivity contribution in [3.05, 3.63) is 59.2 Å². The van der Waals surface area contributed by atoms with Crippen molar-refractivity contribution in [3.8, 4) is 11.5 Å². The van der Waals surface area contributed by atoms with Gasteiger partial charge in [0.15, 0.2) is 11.5 Å². The first kappa shape index (κ1) is 17.5. The highest BCUT2D eigenvalue weighted by atomic mass is 16.5. The van der Waals surface area contributed by atoms with E-state index in [0.29, 0.717) is 17.9 Å². The van der Waals surface area contributed by atoms with Crippen LogP contribution in [0.2, 0.25) is 0 Å². The van der Waals surface area contributed by atoms with Crippen molar-refractivity contribution in [1.29, 1.82) is 0 Å². The molecule has 1 aliphatic heterocycles. The van der Waals surface area contributed by atoms with E-state index < -0.39 is 0 Å². The van der Waals surface area contributed by atoms with Gasteiger partial charge in [-0.1, -0.05) is 30.3 Å². The second-order valence-corrected chi connectivity index (χ2v) is 6.67. The molecule has 0 atom stereocenters. The van der Waals surface area contributed by atoms with Crippen molar-refractivity contribution >= 4 is 6.21 Å². The van der Waals surface area contributed by atoms with Gasteiger partial charge in [0.25, 0.3) is 0 Å². The molecule has 0 aromatic heterocycles. The number of likely N-dealkylation sites (tertiary alicyclic amines) is 1. The van der Waals surface area contributed by atoms with E-state index in [2.05, 4.69) is 29.3 Å². The third kappa shape index (κ3) is 4.83. The zero-order chi connectivity index (χ0) is 17.5. The van der Waals surface area contributed by atoms with E-state index in [4.69, 9.17) is 4.74 Å². The third-order valence-corrected chi connectivity index (χ3v) is 4.79. The number of hydrogen-bond acceptors (Lipinski definition) is 3. The van der Waals surface area contributed by atoms with E-state index in [-0.39, 0.29) is 5.75 Å². The summed E-state index contributed by atoms with van der Waals surface area (Å²) in [6, 6.07) is 14.1. The first-order valence-electron chi connectivity index (χ1n) is 9.03. The SMILES string of the molecule is COc1cccc(C=NCc2ccc(C[NH+]3CCCCC3)cc2)c1O. The van der Waals surface area contributed by atoms with Crippen LogP contribution < -0.4 is 9.64 Å². The van der Waals surface area contributed by atoms with Crippen molar-refractivity contribution in [1.82, 2.24) is 0 Å². The van der Waals surface area contributed by atoms with E-state index in [9.17, 15) is 5.11 Å². The summed E-state index contributed by atoms with van der Waals surface area (Å²) < 4.78 is 5.11. The summed E-state index contributed by atoms with van der Waals surface area (Å²) in [4.78, 5) is 6.15. The number of piperidine rings is 1. The molecule has 2 N–H and O–H groups in total. The molecule has 2 aromatic rings. The molecule has 1 aliphatic rings. The van der Waals surface area contributed by atoms with Gasteiger partial charge >= 0.3 is 0 Å². The summed E-state index contributed by atoms with van der Waals surface area (Å²) in [5.41, 5.74) is 3.25. The number of hydrogen-bond donors (Lipinski definition) is 2. The number of aliphatic imine (C=N–C) groups is 1. The molecule has 1 saturated heterocycles. The predicted octanol–water partition coefficient (Wildman–Crippen LogP) is 2.59. The summed E-state index contributed by atoms with van der Waals surface area (Å²) in [5, 5.41) is 10.1. The Morgan fingerprint density at radius 1 is 1.04 bits per heavy atom. The standard InChI is InChI=1S/C21H26N2O2/c1-25-20-7-5-6-19(21(20)24)15-22-14-17-8-10-18(11-9-17)16-23-12-3-2-4-13-23/h5-11,15,24H,2-4,12-14,16H2,1H3/p+1. The minimum Gasteiger partial charge on any atom is -0.504 e. The number of para-hydroxylation sites is 1. The van der Waals surface area contributed by atoms with Crippen LogP contribution >= 0.6 is 0 Å². The number of phenolic OH excluding ortho intramolecular Hbond substituents is 1. The maximum Gasteiger partial charge on any atom is 0.166 e. The van der Waals surface area contributed by atoms with Crippen molar-refractivity contribution in [3.63, 3.8) is 0 Å². The van der Waals surface area contributed by atoms with Crippen LogP contribution in [0.5, 0.6) is 11.5 Å². The summed E-state index contributed by atoms with van der Waals surface area (Å²) in [7, 11) is 1.54. The molecule has 4 nitrogen and oxygen atoms in total. The number of methoxy groups -OCH3 is 1. The van der Waals surface area contributed by atoms with Gasteiger partial charge < -0.3 is 14.7 Å². The molecule has 3 rings (SSSR count). The van der Waals surface area contributed by atoms with Crippen molar-refractivity contribution in [2.24, 2.45) is 4.99 Å². The molecular weight excluding hydrogens is 312 g/mol. The maximum absolute atomic E-state index is 10.1. The molecule has 0 aliphatic carbocycles. The average Bonchev–Trinajstić information content (AvgIpc) is 2.65. The molecule has 132 valence electrons. The highest BCUT2D eigenvalue weighted by molar-refractivity contribution is 5.84. The van der Waals surface area contributed by atoms with Gasteiger partial charge in [-0.05, 0) is 37.0 Å². The lowest BCUT2D eigenvalue weighted by atomic mass is 10.1. The second kappa shape index (κ2) is 8.67. The molecule has 0 saturated carbocycles. The monoisotopic (exact) mass is 339 g/mol. The summed E-state index contributed by atoms with van der Waals surface area (Å²) in [6.07, 6.45) is 5.81. The Balaban J connectivity index is 1.56. The van der Waals surface area contributed by atoms with Crippen LogP contribution in [0.4, 0.5) is 0 Å². The van der Waals surface area contributed by atoms with Gasteiger partial charge in [-0.25, -0.2) is 0 Å². The van der Waals surface area contributed by atoms with Gasteiger partial charge in [0, 0.05) is 17.3 Å². The lowest BCUT2D eigenvalue weighted by Crippen LogP contribution is -3.11. The Bertz CT molecular complexity index is 704. The minimum atomic E-state index is 0.133. The van der Waals surface area contributed by atoms with Crippen molar-refractivity contribution in [2.45, 2.75) is 32.4 Å². The summed E-state index contributed by atoms with van der Waals surface area (Å²) >= 11 is 0. The molecule has 0 unspecified atom stereocenters. The fraction of sp³-hybridized carbons (Fsp3) is 0.381. The van der Waals surface area contributed by atoms with Gasteiger partial charge in [-0.3, -0.25) is 4.99 Å². The van der Waals surface area contributed by atoms with Crippen molar-refractivity contribution < 1.29 is 14.7 Å². The van der Waals surface area contributed by atoms with Gasteiger partial charge in [0.2, 0.25) is 0 Å². The predicted molar refractivity (Wildman–Crippen MR) is 101 cm³/mol. The Morgan fingerprint density at radius 2 is 1.76 bits per heavy atom. The quantitative estimate of drug-likeness (QED) is 0.795. The van der Waals surface area contributed by atoms with Crippen LogP contribution in [0.1, 0.15) is 36.0 Å². The summed E-state index contributed by atoms with van der Waals surface area (Å²) in [5.74, 6) is 0.599. The largest absolute Gasteiger partial charge is 0.504 e. The first-order valence-corrected chi connectivity index (χ1v) is 9.03. The van der Waals surface area contributed by atoms with Crippen LogP contribution in [0.25, 0.3) is 0 Å². The van der Waals surface area contributed by atoms with E-state index in [1.807, 2.05) is 12.1 Å². The topological polar surface area (TPSA) is 46.3 Å². The normalized spacial score (nSPS) is 15.6. The molecule has 1 fully saturated rings. The van der Waals surface area contributed by atoms with Crippen LogP contribution in [0.15, 0.2) is 47.5 Å². The number of aromatic hydroxyl groups is 1. The fourth-order valence-electron chi connectivity index (χ4n) is 3.34. The molecule has 4 heteroatoms. The van der Waals surface area contributed by atoms with Gasteiger partial charge in [0.05, 0.1) is 26.7 Å². The number of nitrogens with zero attached hydrogens (tertiary/aromatic N) is 1. The zero-order valence-corrected chi connectivity index (χ0v) is 14.9.